The lowest BCUT2D eigenvalue weighted by molar-refractivity contribution is 0.205. The first kappa shape index (κ1) is 23.2. The number of likely N-dealkylation sites (tertiary alicyclic amines) is 1. The molecule has 2 N–H and O–H groups in total. The largest absolute Gasteiger partial charge is 0.493 e. The number of anilines is 1. The first-order valence-corrected chi connectivity index (χ1v) is 11.6. The summed E-state index contributed by atoms with van der Waals surface area (Å²) in [6.45, 7) is 4.07. The molecule has 1 saturated heterocycles. The molecule has 174 valence electrons. The monoisotopic (exact) mass is 456 g/mol. The van der Waals surface area contributed by atoms with Gasteiger partial charge in [-0.1, -0.05) is 48.9 Å². The summed E-state index contributed by atoms with van der Waals surface area (Å²) in [6.07, 6.45) is 6.52. The van der Waals surface area contributed by atoms with Crippen molar-refractivity contribution in [1.29, 1.82) is 5.26 Å². The number of nitrogens with zero attached hydrogens (tertiary/aromatic N) is 4. The summed E-state index contributed by atoms with van der Waals surface area (Å²) in [5.74, 6) is 0.900. The smallest absolute Gasteiger partial charge is 0.270 e. The Kier molecular flexibility index (Phi) is 8.04. The zero-order valence-corrected chi connectivity index (χ0v) is 19.0. The van der Waals surface area contributed by atoms with Crippen LogP contribution in [0.4, 0.5) is 5.95 Å². The third kappa shape index (κ3) is 6.09. The predicted molar refractivity (Wildman–Crippen MR) is 133 cm³/mol. The van der Waals surface area contributed by atoms with E-state index in [1.165, 1.54) is 32.4 Å². The summed E-state index contributed by atoms with van der Waals surface area (Å²) in [6, 6.07) is 18.7. The average molecular weight is 457 g/mol. The second kappa shape index (κ2) is 11.8. The zero-order chi connectivity index (χ0) is 23.6. The third-order valence-electron chi connectivity index (χ3n) is 5.70. The summed E-state index contributed by atoms with van der Waals surface area (Å²) in [5.41, 5.74) is 4.01. The highest BCUT2D eigenvalue weighted by molar-refractivity contribution is 5.83. The fourth-order valence-electron chi connectivity index (χ4n) is 3.97. The Labute approximate surface area is 198 Å². The van der Waals surface area contributed by atoms with Gasteiger partial charge in [-0.3, -0.25) is 9.78 Å². The molecule has 0 unspecified atom stereocenters. The van der Waals surface area contributed by atoms with Gasteiger partial charge in [-0.15, -0.1) is 0 Å². The standard InChI is InChI=1S/C26H28N6O2/c27-18-22-24(20-10-3-1-4-11-20)29-26(30-25(22)33)31-28-19-21-12-5-6-13-23(21)34-17-9-16-32-14-7-2-8-15-32/h1,3-6,10-13,19H,2,7-9,14-17H2,(H2,29,30,31,33). The molecule has 8 heteroatoms. The quantitative estimate of drug-likeness (QED) is 0.286. The second-order valence-electron chi connectivity index (χ2n) is 8.13. The summed E-state index contributed by atoms with van der Waals surface area (Å²) >= 11 is 0. The number of aromatic nitrogens is 2. The van der Waals surface area contributed by atoms with E-state index in [0.29, 0.717) is 17.9 Å². The molecule has 0 atom stereocenters. The zero-order valence-electron chi connectivity index (χ0n) is 19.0. The minimum Gasteiger partial charge on any atom is -0.493 e. The second-order valence-corrected chi connectivity index (χ2v) is 8.13. The molecule has 0 saturated carbocycles. The van der Waals surface area contributed by atoms with Crippen LogP contribution in [0.3, 0.4) is 0 Å². The number of rotatable bonds is 9. The molecule has 1 fully saturated rings. The Morgan fingerprint density at radius 3 is 2.68 bits per heavy atom. The van der Waals surface area contributed by atoms with Gasteiger partial charge in [0.1, 0.15) is 17.4 Å². The average Bonchev–Trinajstić information content (AvgIpc) is 2.88. The van der Waals surface area contributed by atoms with Crippen molar-refractivity contribution < 1.29 is 4.74 Å². The molecule has 0 amide bonds. The molecule has 3 aromatic rings. The van der Waals surface area contributed by atoms with Crippen molar-refractivity contribution in [3.63, 3.8) is 0 Å². The van der Waals surface area contributed by atoms with E-state index in [2.05, 4.69) is 25.4 Å². The minimum atomic E-state index is -0.522. The molecule has 0 aliphatic carbocycles. The molecule has 2 aromatic carbocycles. The number of piperidine rings is 1. The molecule has 0 bridgehead atoms. The van der Waals surface area contributed by atoms with Crippen LogP contribution in [0.25, 0.3) is 11.3 Å². The molecule has 4 rings (SSSR count). The van der Waals surface area contributed by atoms with Crippen LogP contribution in [-0.2, 0) is 0 Å². The molecule has 0 spiro atoms. The normalized spacial score (nSPS) is 14.1. The van der Waals surface area contributed by atoms with Crippen molar-refractivity contribution >= 4 is 12.2 Å². The van der Waals surface area contributed by atoms with Crippen molar-refractivity contribution in [2.75, 3.05) is 31.7 Å². The molecule has 1 aliphatic heterocycles. The van der Waals surface area contributed by atoms with Crippen molar-refractivity contribution in [2.45, 2.75) is 25.7 Å². The maximum Gasteiger partial charge on any atom is 0.270 e. The van der Waals surface area contributed by atoms with Gasteiger partial charge in [-0.05, 0) is 44.5 Å². The molecule has 8 nitrogen and oxygen atoms in total. The highest BCUT2D eigenvalue weighted by atomic mass is 16.5. The van der Waals surface area contributed by atoms with E-state index in [-0.39, 0.29) is 11.5 Å². The fraction of sp³-hybridized carbons (Fsp3) is 0.308. The Morgan fingerprint density at radius 1 is 1.12 bits per heavy atom. The van der Waals surface area contributed by atoms with Crippen LogP contribution in [0.15, 0.2) is 64.5 Å². The number of hydrogen-bond acceptors (Lipinski definition) is 7. The number of ether oxygens (including phenoxy) is 1. The first-order valence-electron chi connectivity index (χ1n) is 11.6. The van der Waals surface area contributed by atoms with E-state index in [1.54, 1.807) is 18.3 Å². The number of benzene rings is 2. The lowest BCUT2D eigenvalue weighted by Crippen LogP contribution is -2.31. The lowest BCUT2D eigenvalue weighted by atomic mass is 10.1. The number of nitrogens with one attached hydrogen (secondary N) is 2. The minimum absolute atomic E-state index is 0.0379. The topological polar surface area (TPSA) is 106 Å². The van der Waals surface area contributed by atoms with Crippen LogP contribution in [-0.4, -0.2) is 47.3 Å². The summed E-state index contributed by atoms with van der Waals surface area (Å²) in [7, 11) is 0. The Morgan fingerprint density at radius 2 is 1.88 bits per heavy atom. The van der Waals surface area contributed by atoms with E-state index >= 15 is 0 Å². The van der Waals surface area contributed by atoms with E-state index in [1.807, 2.05) is 48.5 Å². The third-order valence-corrected chi connectivity index (χ3v) is 5.70. The van der Waals surface area contributed by atoms with Crippen molar-refractivity contribution in [1.82, 2.24) is 14.9 Å². The van der Waals surface area contributed by atoms with E-state index in [4.69, 9.17) is 4.74 Å². The van der Waals surface area contributed by atoms with Crippen LogP contribution in [0, 0.1) is 11.3 Å². The lowest BCUT2D eigenvalue weighted by Gasteiger charge is -2.26. The predicted octanol–water partition coefficient (Wildman–Crippen LogP) is 4.01. The molecular formula is C26H28N6O2. The number of hydrazone groups is 1. The maximum atomic E-state index is 12.4. The summed E-state index contributed by atoms with van der Waals surface area (Å²) < 4.78 is 6.00. The van der Waals surface area contributed by atoms with Crippen molar-refractivity contribution in [3.8, 4) is 23.1 Å². The first-order chi connectivity index (χ1) is 16.7. The van der Waals surface area contributed by atoms with E-state index < -0.39 is 5.56 Å². The van der Waals surface area contributed by atoms with Crippen LogP contribution in [0.2, 0.25) is 0 Å². The van der Waals surface area contributed by atoms with Crippen LogP contribution in [0.1, 0.15) is 36.8 Å². The van der Waals surface area contributed by atoms with Gasteiger partial charge in [0, 0.05) is 17.7 Å². The highest BCUT2D eigenvalue weighted by Gasteiger charge is 2.13. The van der Waals surface area contributed by atoms with Gasteiger partial charge in [-0.2, -0.15) is 10.4 Å². The molecule has 2 heterocycles. The van der Waals surface area contributed by atoms with Gasteiger partial charge in [-0.25, -0.2) is 10.4 Å². The highest BCUT2D eigenvalue weighted by Crippen LogP contribution is 2.20. The van der Waals surface area contributed by atoms with Gasteiger partial charge in [0.05, 0.1) is 18.5 Å². The van der Waals surface area contributed by atoms with Gasteiger partial charge in [0.2, 0.25) is 5.95 Å². The molecule has 0 radical (unpaired) electrons. The molecular weight excluding hydrogens is 428 g/mol. The number of H-pyrrole nitrogens is 1. The summed E-state index contributed by atoms with van der Waals surface area (Å²) in [5, 5.41) is 13.6. The number of hydrogen-bond donors (Lipinski definition) is 2. The van der Waals surface area contributed by atoms with Crippen LogP contribution in [0.5, 0.6) is 5.75 Å². The van der Waals surface area contributed by atoms with Crippen LogP contribution >= 0.6 is 0 Å². The van der Waals surface area contributed by atoms with Crippen molar-refractivity contribution in [3.05, 3.63) is 76.1 Å². The number of nitriles is 1. The van der Waals surface area contributed by atoms with E-state index in [9.17, 15) is 10.1 Å². The number of para-hydroxylation sites is 1. The Bertz CT molecular complexity index is 1210. The van der Waals surface area contributed by atoms with Gasteiger partial charge < -0.3 is 9.64 Å². The fourth-order valence-corrected chi connectivity index (χ4v) is 3.97. The Hall–Kier alpha value is -3.96. The number of aromatic amines is 1. The summed E-state index contributed by atoms with van der Waals surface area (Å²) in [4.78, 5) is 21.8. The van der Waals surface area contributed by atoms with Gasteiger partial charge >= 0.3 is 0 Å². The Balaban J connectivity index is 1.40. The van der Waals surface area contributed by atoms with Gasteiger partial charge in [0.15, 0.2) is 0 Å². The van der Waals surface area contributed by atoms with E-state index in [0.717, 1.165) is 24.3 Å². The molecule has 1 aromatic heterocycles. The van der Waals surface area contributed by atoms with Crippen molar-refractivity contribution in [2.24, 2.45) is 5.10 Å². The maximum absolute atomic E-state index is 12.4. The molecule has 34 heavy (non-hydrogen) atoms. The van der Waals surface area contributed by atoms with Crippen LogP contribution < -0.4 is 15.7 Å². The molecule has 1 aliphatic rings. The SMILES string of the molecule is N#Cc1c(-c2ccccc2)nc(NN=Cc2ccccc2OCCCN2CCCCC2)[nH]c1=O. The van der Waals surface area contributed by atoms with Gasteiger partial charge in [0.25, 0.3) is 5.56 Å².